The van der Waals surface area contributed by atoms with E-state index in [0.717, 1.165) is 23.7 Å². The van der Waals surface area contributed by atoms with E-state index in [-0.39, 0.29) is 16.6 Å². The predicted molar refractivity (Wildman–Crippen MR) is 121 cm³/mol. The van der Waals surface area contributed by atoms with Crippen molar-refractivity contribution in [2.24, 2.45) is 0 Å². The van der Waals surface area contributed by atoms with Gasteiger partial charge in [-0.25, -0.2) is 18.1 Å². The summed E-state index contributed by atoms with van der Waals surface area (Å²) in [6.45, 7) is 5.83. The van der Waals surface area contributed by atoms with Crippen molar-refractivity contribution in [2.45, 2.75) is 69.0 Å². The minimum atomic E-state index is -3.58. The van der Waals surface area contributed by atoms with Crippen LogP contribution in [-0.2, 0) is 14.8 Å². The molecular formula is C21H30N4O3S2. The fraction of sp³-hybridized carbons (Fsp3) is 0.524. The number of carbonyl (C=O) groups is 1. The van der Waals surface area contributed by atoms with Gasteiger partial charge >= 0.3 is 0 Å². The molecule has 164 valence electrons. The van der Waals surface area contributed by atoms with Crippen molar-refractivity contribution in [1.82, 2.24) is 14.3 Å². The van der Waals surface area contributed by atoms with Gasteiger partial charge in [-0.1, -0.05) is 37.1 Å². The van der Waals surface area contributed by atoms with Gasteiger partial charge in [0.05, 0.1) is 16.3 Å². The van der Waals surface area contributed by atoms with E-state index in [1.807, 2.05) is 6.92 Å². The van der Waals surface area contributed by atoms with Gasteiger partial charge < -0.3 is 9.88 Å². The maximum Gasteiger partial charge on any atom is 0.240 e. The summed E-state index contributed by atoms with van der Waals surface area (Å²) >= 11 is 1.43. The first-order valence-electron chi connectivity index (χ1n) is 10.2. The number of nitrogens with zero attached hydrogens (tertiary/aromatic N) is 2. The number of nitrogens with one attached hydrogen (secondary N) is 2. The average Bonchev–Trinajstić information content (AvgIpc) is 3.02. The number of hydrogen-bond acceptors (Lipinski definition) is 5. The second-order valence-corrected chi connectivity index (χ2v) is 10.5. The Kier molecular flexibility index (Phi) is 7.26. The van der Waals surface area contributed by atoms with Crippen LogP contribution in [0, 0.1) is 20.8 Å². The first-order valence-corrected chi connectivity index (χ1v) is 12.7. The van der Waals surface area contributed by atoms with Crippen LogP contribution in [0.1, 0.15) is 55.1 Å². The molecule has 0 unspecified atom stereocenters. The summed E-state index contributed by atoms with van der Waals surface area (Å²) in [5.41, 5.74) is 3.26. The molecule has 0 saturated heterocycles. The molecule has 1 heterocycles. The molecule has 9 heteroatoms. The van der Waals surface area contributed by atoms with E-state index in [1.54, 1.807) is 19.1 Å². The molecule has 0 bridgehead atoms. The molecule has 0 atom stereocenters. The minimum absolute atomic E-state index is 0.162. The van der Waals surface area contributed by atoms with Crippen LogP contribution in [0.4, 0.5) is 5.69 Å². The maximum absolute atomic E-state index is 12.5. The summed E-state index contributed by atoms with van der Waals surface area (Å²) in [4.78, 5) is 17.4. The van der Waals surface area contributed by atoms with E-state index in [2.05, 4.69) is 21.5 Å². The Morgan fingerprint density at radius 1 is 1.20 bits per heavy atom. The van der Waals surface area contributed by atoms with Gasteiger partial charge in [0.2, 0.25) is 15.9 Å². The molecule has 0 aliphatic heterocycles. The Labute approximate surface area is 183 Å². The van der Waals surface area contributed by atoms with Crippen LogP contribution in [-0.4, -0.2) is 36.7 Å². The van der Waals surface area contributed by atoms with E-state index >= 15 is 0 Å². The number of rotatable bonds is 7. The molecule has 1 aliphatic rings. The largest absolute Gasteiger partial charge is 0.325 e. The topological polar surface area (TPSA) is 93.1 Å². The number of thioether (sulfide) groups is 1. The van der Waals surface area contributed by atoms with Crippen LogP contribution < -0.4 is 10.0 Å². The first kappa shape index (κ1) is 22.8. The zero-order valence-electron chi connectivity index (χ0n) is 18.0. The number of aromatic nitrogens is 2. The van der Waals surface area contributed by atoms with Crippen LogP contribution >= 0.6 is 11.8 Å². The monoisotopic (exact) mass is 450 g/mol. The van der Waals surface area contributed by atoms with Gasteiger partial charge in [-0.05, 0) is 58.4 Å². The zero-order chi connectivity index (χ0) is 21.9. The van der Waals surface area contributed by atoms with Gasteiger partial charge in [-0.3, -0.25) is 4.79 Å². The number of anilines is 1. The molecule has 1 saturated carbocycles. The number of carbonyl (C=O) groups excluding carboxylic acids is 1. The Balaban J connectivity index is 1.70. The molecule has 1 fully saturated rings. The van der Waals surface area contributed by atoms with Crippen molar-refractivity contribution in [3.8, 4) is 0 Å². The SMILES string of the molecule is CNS(=O)(=O)c1cc(NC(=O)CSc2nc(C)c(C)n2C2CCCCC2)ccc1C. The van der Waals surface area contributed by atoms with E-state index < -0.39 is 10.0 Å². The lowest BCUT2D eigenvalue weighted by Crippen LogP contribution is -2.20. The van der Waals surface area contributed by atoms with Crippen LogP contribution in [0.3, 0.4) is 0 Å². The van der Waals surface area contributed by atoms with Gasteiger partial charge in [0.15, 0.2) is 5.16 Å². The molecule has 1 aliphatic carbocycles. The van der Waals surface area contributed by atoms with Crippen molar-refractivity contribution in [2.75, 3.05) is 18.1 Å². The van der Waals surface area contributed by atoms with Gasteiger partial charge in [-0.2, -0.15) is 0 Å². The number of benzene rings is 1. The fourth-order valence-electron chi connectivity index (χ4n) is 3.87. The van der Waals surface area contributed by atoms with E-state index in [9.17, 15) is 13.2 Å². The molecule has 3 rings (SSSR count). The first-order chi connectivity index (χ1) is 14.2. The Morgan fingerprint density at radius 3 is 2.57 bits per heavy atom. The Hall–Kier alpha value is -1.84. The van der Waals surface area contributed by atoms with Crippen molar-refractivity contribution in [3.63, 3.8) is 0 Å². The zero-order valence-corrected chi connectivity index (χ0v) is 19.6. The Bertz CT molecular complexity index is 1030. The van der Waals surface area contributed by atoms with Gasteiger partial charge in [0.25, 0.3) is 0 Å². The third kappa shape index (κ3) is 5.07. The summed E-state index contributed by atoms with van der Waals surface area (Å²) in [6.07, 6.45) is 6.06. The van der Waals surface area contributed by atoms with Crippen LogP contribution in [0.5, 0.6) is 0 Å². The molecule has 1 amide bonds. The molecule has 0 radical (unpaired) electrons. The van der Waals surface area contributed by atoms with Crippen LogP contribution in [0.2, 0.25) is 0 Å². The van der Waals surface area contributed by atoms with Crippen LogP contribution in [0.25, 0.3) is 0 Å². The van der Waals surface area contributed by atoms with Gasteiger partial charge in [0, 0.05) is 17.4 Å². The quantitative estimate of drug-likeness (QED) is 0.623. The van der Waals surface area contributed by atoms with Gasteiger partial charge in [-0.15, -0.1) is 0 Å². The number of hydrogen-bond donors (Lipinski definition) is 2. The van der Waals surface area contributed by atoms with Crippen molar-refractivity contribution in [3.05, 3.63) is 35.2 Å². The summed E-state index contributed by atoms with van der Waals surface area (Å²) in [5.74, 6) is 0.0232. The summed E-state index contributed by atoms with van der Waals surface area (Å²) in [5, 5.41) is 3.69. The van der Waals surface area contributed by atoms with Gasteiger partial charge in [0.1, 0.15) is 0 Å². The summed E-state index contributed by atoms with van der Waals surface area (Å²) < 4.78 is 28.9. The number of sulfonamides is 1. The molecule has 30 heavy (non-hydrogen) atoms. The third-order valence-electron chi connectivity index (χ3n) is 5.66. The predicted octanol–water partition coefficient (Wildman–Crippen LogP) is 3.95. The van der Waals surface area contributed by atoms with E-state index in [1.165, 1.54) is 49.8 Å². The molecular weight excluding hydrogens is 420 g/mol. The number of amides is 1. The van der Waals surface area contributed by atoms with Crippen molar-refractivity contribution >= 4 is 33.4 Å². The second kappa shape index (κ2) is 9.53. The van der Waals surface area contributed by atoms with Crippen molar-refractivity contribution in [1.29, 1.82) is 0 Å². The molecule has 0 spiro atoms. The van der Waals surface area contributed by atoms with E-state index in [0.29, 0.717) is 17.3 Å². The minimum Gasteiger partial charge on any atom is -0.325 e. The lowest BCUT2D eigenvalue weighted by atomic mass is 9.95. The highest BCUT2D eigenvalue weighted by Crippen LogP contribution is 2.34. The highest BCUT2D eigenvalue weighted by Gasteiger charge is 2.22. The van der Waals surface area contributed by atoms with E-state index in [4.69, 9.17) is 4.98 Å². The normalized spacial score (nSPS) is 15.3. The average molecular weight is 451 g/mol. The lowest BCUT2D eigenvalue weighted by Gasteiger charge is -2.26. The maximum atomic E-state index is 12.5. The second-order valence-electron chi connectivity index (χ2n) is 7.75. The van der Waals surface area contributed by atoms with Crippen LogP contribution in [0.15, 0.2) is 28.3 Å². The molecule has 1 aromatic heterocycles. The molecule has 2 N–H and O–H groups in total. The Morgan fingerprint density at radius 2 is 1.90 bits per heavy atom. The smallest absolute Gasteiger partial charge is 0.240 e. The highest BCUT2D eigenvalue weighted by atomic mass is 32.2. The number of imidazole rings is 1. The fourth-order valence-corrected chi connectivity index (χ4v) is 5.82. The lowest BCUT2D eigenvalue weighted by molar-refractivity contribution is -0.113. The summed E-state index contributed by atoms with van der Waals surface area (Å²) in [7, 11) is -2.21. The third-order valence-corrected chi connectivity index (χ3v) is 8.17. The van der Waals surface area contributed by atoms with Crippen molar-refractivity contribution < 1.29 is 13.2 Å². The molecule has 2 aromatic rings. The number of aryl methyl sites for hydroxylation is 2. The summed E-state index contributed by atoms with van der Waals surface area (Å²) in [6, 6.07) is 5.34. The molecule has 7 nitrogen and oxygen atoms in total. The standard InChI is InChI=1S/C21H30N4O3S2/c1-14-10-11-17(12-19(14)30(27,28)22-4)24-20(26)13-29-21-23-15(2)16(3)25(21)18-8-6-5-7-9-18/h10-12,18,22H,5-9,13H2,1-4H3,(H,24,26). The molecule has 1 aromatic carbocycles. The highest BCUT2D eigenvalue weighted by molar-refractivity contribution is 7.99.